The lowest BCUT2D eigenvalue weighted by molar-refractivity contribution is -0.0671. The van der Waals surface area contributed by atoms with Gasteiger partial charge in [-0.05, 0) is 43.5 Å². The number of hydrogen-bond acceptors (Lipinski definition) is 3. The molecule has 0 unspecified atom stereocenters. The lowest BCUT2D eigenvalue weighted by Crippen LogP contribution is -2.50. The van der Waals surface area contributed by atoms with Crippen LogP contribution in [0.3, 0.4) is 0 Å². The molecule has 0 atom stereocenters. The summed E-state index contributed by atoms with van der Waals surface area (Å²) in [6.07, 6.45) is 3.17. The van der Waals surface area contributed by atoms with Gasteiger partial charge in [-0.2, -0.15) is 0 Å². The van der Waals surface area contributed by atoms with E-state index in [9.17, 15) is 4.79 Å². The van der Waals surface area contributed by atoms with Crippen molar-refractivity contribution in [1.82, 2.24) is 5.32 Å². The third-order valence-corrected chi connectivity index (χ3v) is 3.44. The summed E-state index contributed by atoms with van der Waals surface area (Å²) >= 11 is 0. The Morgan fingerprint density at radius 2 is 2.06 bits per heavy atom. The number of carbonyl (C=O) groups excluding carboxylic acids is 1. The maximum atomic E-state index is 11.7. The van der Waals surface area contributed by atoms with Crippen LogP contribution in [0.2, 0.25) is 0 Å². The van der Waals surface area contributed by atoms with Gasteiger partial charge in [0.25, 0.3) is 0 Å². The van der Waals surface area contributed by atoms with E-state index in [1.165, 1.54) is 0 Å². The summed E-state index contributed by atoms with van der Waals surface area (Å²) in [6, 6.07) is 6.81. The molecule has 5 heteroatoms. The van der Waals surface area contributed by atoms with E-state index in [1.54, 1.807) is 31.4 Å². The fraction of sp³-hybridized carbons (Fsp3) is 0.462. The molecule has 4 N–H and O–H groups in total. The second kappa shape index (κ2) is 5.27. The first-order valence-corrected chi connectivity index (χ1v) is 6.09. The minimum Gasteiger partial charge on any atom is -0.399 e. The van der Waals surface area contributed by atoms with Crippen molar-refractivity contribution in [2.45, 2.75) is 24.9 Å². The van der Waals surface area contributed by atoms with E-state index in [1.807, 2.05) is 0 Å². The van der Waals surface area contributed by atoms with Crippen molar-refractivity contribution in [3.05, 3.63) is 24.3 Å². The standard InChI is InChI=1S/C13H19N3O2/c1-18-13(7-2-8-13)9-15-12(17)16-11-5-3-10(14)4-6-11/h3-6H,2,7-9,14H2,1H3,(H2,15,16,17). The topological polar surface area (TPSA) is 76.4 Å². The Morgan fingerprint density at radius 3 is 2.56 bits per heavy atom. The van der Waals surface area contributed by atoms with E-state index >= 15 is 0 Å². The van der Waals surface area contributed by atoms with Crippen molar-refractivity contribution >= 4 is 17.4 Å². The summed E-state index contributed by atoms with van der Waals surface area (Å²) in [6.45, 7) is 0.546. The third-order valence-electron chi connectivity index (χ3n) is 3.44. The first kappa shape index (κ1) is 12.7. The molecule has 0 saturated heterocycles. The number of benzene rings is 1. The van der Waals surface area contributed by atoms with Gasteiger partial charge in [0, 0.05) is 25.0 Å². The number of amides is 2. The van der Waals surface area contributed by atoms with E-state index in [-0.39, 0.29) is 11.6 Å². The molecule has 1 aromatic carbocycles. The highest BCUT2D eigenvalue weighted by atomic mass is 16.5. The number of rotatable bonds is 4. The largest absolute Gasteiger partial charge is 0.399 e. The van der Waals surface area contributed by atoms with Gasteiger partial charge < -0.3 is 21.1 Å². The van der Waals surface area contributed by atoms with Crippen LogP contribution >= 0.6 is 0 Å². The molecule has 0 aliphatic heterocycles. The van der Waals surface area contributed by atoms with Gasteiger partial charge in [-0.3, -0.25) is 0 Å². The predicted molar refractivity (Wildman–Crippen MR) is 71.5 cm³/mol. The van der Waals surface area contributed by atoms with Gasteiger partial charge >= 0.3 is 6.03 Å². The van der Waals surface area contributed by atoms with Gasteiger partial charge in [-0.15, -0.1) is 0 Å². The molecule has 1 aliphatic carbocycles. The van der Waals surface area contributed by atoms with E-state index in [4.69, 9.17) is 10.5 Å². The number of nitrogens with two attached hydrogens (primary N) is 1. The Labute approximate surface area is 107 Å². The van der Waals surface area contributed by atoms with Crippen molar-refractivity contribution in [1.29, 1.82) is 0 Å². The fourth-order valence-electron chi connectivity index (χ4n) is 2.01. The van der Waals surface area contributed by atoms with Crippen LogP contribution in [0.15, 0.2) is 24.3 Å². The van der Waals surface area contributed by atoms with E-state index in [0.29, 0.717) is 12.2 Å². The molecule has 0 aromatic heterocycles. The summed E-state index contributed by atoms with van der Waals surface area (Å²) in [5, 5.41) is 5.59. The number of nitrogens with one attached hydrogen (secondary N) is 2. The van der Waals surface area contributed by atoms with Gasteiger partial charge in [0.05, 0.1) is 5.60 Å². The molecule has 0 spiro atoms. The van der Waals surface area contributed by atoms with E-state index in [0.717, 1.165) is 24.9 Å². The summed E-state index contributed by atoms with van der Waals surface area (Å²) < 4.78 is 5.43. The van der Waals surface area contributed by atoms with Crippen LogP contribution < -0.4 is 16.4 Å². The molecule has 5 nitrogen and oxygen atoms in total. The average Bonchev–Trinajstić information content (AvgIpc) is 2.31. The molecule has 2 rings (SSSR count). The molecule has 1 aromatic rings. The second-order valence-electron chi connectivity index (χ2n) is 4.67. The van der Waals surface area contributed by atoms with Crippen LogP contribution in [-0.4, -0.2) is 25.3 Å². The Balaban J connectivity index is 1.80. The number of methoxy groups -OCH3 is 1. The zero-order valence-electron chi connectivity index (χ0n) is 10.5. The number of carbonyl (C=O) groups is 1. The molecule has 0 bridgehead atoms. The number of urea groups is 1. The van der Waals surface area contributed by atoms with Crippen LogP contribution in [0.5, 0.6) is 0 Å². The first-order valence-electron chi connectivity index (χ1n) is 6.09. The molecule has 18 heavy (non-hydrogen) atoms. The predicted octanol–water partition coefficient (Wildman–Crippen LogP) is 1.96. The molecule has 1 saturated carbocycles. The summed E-state index contributed by atoms with van der Waals surface area (Å²) in [7, 11) is 1.69. The normalized spacial score (nSPS) is 16.7. The van der Waals surface area contributed by atoms with Crippen LogP contribution in [0, 0.1) is 0 Å². The van der Waals surface area contributed by atoms with Crippen LogP contribution in [-0.2, 0) is 4.74 Å². The van der Waals surface area contributed by atoms with Gasteiger partial charge in [0.2, 0.25) is 0 Å². The van der Waals surface area contributed by atoms with Crippen LogP contribution in [0.1, 0.15) is 19.3 Å². The molecular formula is C13H19N3O2. The van der Waals surface area contributed by atoms with Gasteiger partial charge in [0.15, 0.2) is 0 Å². The van der Waals surface area contributed by atoms with Gasteiger partial charge in [0.1, 0.15) is 0 Å². The third kappa shape index (κ3) is 2.92. The molecule has 2 amide bonds. The lowest BCUT2D eigenvalue weighted by atomic mass is 9.80. The number of anilines is 2. The SMILES string of the molecule is COC1(CNC(=O)Nc2ccc(N)cc2)CCC1. The molecule has 1 aliphatic rings. The molecule has 1 fully saturated rings. The highest BCUT2D eigenvalue weighted by Crippen LogP contribution is 2.34. The van der Waals surface area contributed by atoms with Gasteiger partial charge in [-0.25, -0.2) is 4.79 Å². The Hall–Kier alpha value is -1.75. The zero-order chi connectivity index (χ0) is 13.0. The molecule has 98 valence electrons. The Morgan fingerprint density at radius 1 is 1.39 bits per heavy atom. The van der Waals surface area contributed by atoms with Crippen LogP contribution in [0.4, 0.5) is 16.2 Å². The molecule has 0 heterocycles. The molecular weight excluding hydrogens is 230 g/mol. The summed E-state index contributed by atoms with van der Waals surface area (Å²) in [5.74, 6) is 0. The second-order valence-corrected chi connectivity index (χ2v) is 4.67. The fourth-order valence-corrected chi connectivity index (χ4v) is 2.01. The number of nitrogen functional groups attached to an aromatic ring is 1. The first-order chi connectivity index (χ1) is 8.63. The maximum Gasteiger partial charge on any atom is 0.319 e. The Kier molecular flexibility index (Phi) is 3.72. The van der Waals surface area contributed by atoms with Gasteiger partial charge in [-0.1, -0.05) is 0 Å². The van der Waals surface area contributed by atoms with Crippen molar-refractivity contribution in [2.75, 3.05) is 24.7 Å². The average molecular weight is 249 g/mol. The minimum atomic E-state index is -0.219. The van der Waals surface area contributed by atoms with Crippen molar-refractivity contribution in [3.63, 3.8) is 0 Å². The van der Waals surface area contributed by atoms with Crippen molar-refractivity contribution in [2.24, 2.45) is 0 Å². The van der Waals surface area contributed by atoms with E-state index < -0.39 is 0 Å². The minimum absolute atomic E-state index is 0.154. The van der Waals surface area contributed by atoms with Crippen molar-refractivity contribution < 1.29 is 9.53 Å². The summed E-state index contributed by atoms with van der Waals surface area (Å²) in [5.41, 5.74) is 6.82. The van der Waals surface area contributed by atoms with E-state index in [2.05, 4.69) is 10.6 Å². The lowest BCUT2D eigenvalue weighted by Gasteiger charge is -2.40. The number of ether oxygens (including phenoxy) is 1. The highest BCUT2D eigenvalue weighted by molar-refractivity contribution is 5.89. The Bertz CT molecular complexity index is 407. The monoisotopic (exact) mass is 249 g/mol. The van der Waals surface area contributed by atoms with Crippen molar-refractivity contribution in [3.8, 4) is 0 Å². The smallest absolute Gasteiger partial charge is 0.319 e. The number of hydrogen-bond donors (Lipinski definition) is 3. The molecule has 0 radical (unpaired) electrons. The highest BCUT2D eigenvalue weighted by Gasteiger charge is 2.37. The quantitative estimate of drug-likeness (QED) is 0.714. The summed E-state index contributed by atoms with van der Waals surface area (Å²) in [4.78, 5) is 11.7. The van der Waals surface area contributed by atoms with Crippen LogP contribution in [0.25, 0.3) is 0 Å². The maximum absolute atomic E-state index is 11.7. The zero-order valence-corrected chi connectivity index (χ0v) is 10.5.